The largest absolute Gasteiger partial charge is 0.375 e. The number of anilines is 1. The fraction of sp³-hybridized carbons (Fsp3) is 0.300. The van der Waals surface area contributed by atoms with E-state index in [2.05, 4.69) is 5.32 Å². The lowest BCUT2D eigenvalue weighted by molar-refractivity contribution is -0.384. The van der Waals surface area contributed by atoms with Crippen LogP contribution in [0.3, 0.4) is 0 Å². The predicted molar refractivity (Wildman–Crippen MR) is 102 cm³/mol. The number of rotatable bonds is 6. The van der Waals surface area contributed by atoms with E-state index in [4.69, 9.17) is 0 Å². The van der Waals surface area contributed by atoms with Gasteiger partial charge in [0.15, 0.2) is 5.78 Å². The third-order valence-corrected chi connectivity index (χ3v) is 4.70. The molecule has 7 heteroatoms. The number of ketones is 1. The van der Waals surface area contributed by atoms with Crippen molar-refractivity contribution in [3.05, 3.63) is 69.8 Å². The van der Waals surface area contributed by atoms with Gasteiger partial charge in [-0.05, 0) is 18.6 Å². The minimum absolute atomic E-state index is 0.0464. The molecule has 1 unspecified atom stereocenters. The summed E-state index contributed by atoms with van der Waals surface area (Å²) in [4.78, 5) is 37.1. The molecule has 1 N–H and O–H groups in total. The molecule has 0 saturated carbocycles. The van der Waals surface area contributed by atoms with Crippen molar-refractivity contribution < 1.29 is 14.5 Å². The van der Waals surface area contributed by atoms with Gasteiger partial charge in [0.05, 0.1) is 4.92 Å². The minimum atomic E-state index is -0.492. The zero-order valence-corrected chi connectivity index (χ0v) is 15.1. The Morgan fingerprint density at radius 3 is 2.59 bits per heavy atom. The van der Waals surface area contributed by atoms with Crippen LogP contribution in [0.4, 0.5) is 11.4 Å². The summed E-state index contributed by atoms with van der Waals surface area (Å²) in [7, 11) is 0. The molecule has 1 saturated heterocycles. The highest BCUT2D eigenvalue weighted by molar-refractivity contribution is 6.09. The second-order valence-corrected chi connectivity index (χ2v) is 6.51. The van der Waals surface area contributed by atoms with Crippen LogP contribution in [-0.2, 0) is 4.79 Å². The number of carbonyl (C=O) groups excluding carboxylic acids is 2. The molecule has 2 aromatic rings. The van der Waals surface area contributed by atoms with Crippen molar-refractivity contribution in [3.63, 3.8) is 0 Å². The van der Waals surface area contributed by atoms with Gasteiger partial charge in [0.1, 0.15) is 5.69 Å². The van der Waals surface area contributed by atoms with Gasteiger partial charge in [-0.25, -0.2) is 0 Å². The average Bonchev–Trinajstić information content (AvgIpc) is 3.16. The maximum absolute atomic E-state index is 12.5. The predicted octanol–water partition coefficient (Wildman–Crippen LogP) is 3.25. The van der Waals surface area contributed by atoms with Gasteiger partial charge in [0.2, 0.25) is 5.91 Å². The summed E-state index contributed by atoms with van der Waals surface area (Å²) < 4.78 is 0. The van der Waals surface area contributed by atoms with E-state index in [-0.39, 0.29) is 29.0 Å². The third-order valence-electron chi connectivity index (χ3n) is 4.70. The summed E-state index contributed by atoms with van der Waals surface area (Å²) in [6.07, 6.45) is 1.18. The number of nitro groups is 1. The van der Waals surface area contributed by atoms with Crippen LogP contribution in [0.2, 0.25) is 0 Å². The van der Waals surface area contributed by atoms with Gasteiger partial charge in [-0.2, -0.15) is 0 Å². The number of benzene rings is 2. The molecule has 2 aromatic carbocycles. The lowest BCUT2D eigenvalue weighted by atomic mass is 10.0. The minimum Gasteiger partial charge on any atom is -0.375 e. The van der Waals surface area contributed by atoms with Crippen molar-refractivity contribution in [2.45, 2.75) is 25.8 Å². The van der Waals surface area contributed by atoms with Gasteiger partial charge in [0.25, 0.3) is 5.69 Å². The molecule has 3 rings (SSSR count). The maximum atomic E-state index is 12.5. The number of nitro benzene ring substituents is 1. The zero-order valence-electron chi connectivity index (χ0n) is 15.1. The Labute approximate surface area is 157 Å². The zero-order chi connectivity index (χ0) is 19.4. The number of amides is 1. The van der Waals surface area contributed by atoms with Gasteiger partial charge in [-0.3, -0.25) is 19.7 Å². The molecule has 1 fully saturated rings. The number of hydrogen-bond donors (Lipinski definition) is 1. The highest BCUT2D eigenvalue weighted by Gasteiger charge is 2.27. The molecule has 0 aromatic heterocycles. The monoisotopic (exact) mass is 367 g/mol. The molecule has 1 aliphatic heterocycles. The van der Waals surface area contributed by atoms with E-state index < -0.39 is 4.92 Å². The highest BCUT2D eigenvalue weighted by atomic mass is 16.6. The molecule has 140 valence electrons. The molecule has 1 heterocycles. The van der Waals surface area contributed by atoms with Crippen LogP contribution >= 0.6 is 0 Å². The van der Waals surface area contributed by atoms with E-state index in [1.807, 2.05) is 6.92 Å². The number of nitrogens with zero attached hydrogens (tertiary/aromatic N) is 2. The second kappa shape index (κ2) is 7.99. The molecular formula is C20H21N3O4. The summed E-state index contributed by atoms with van der Waals surface area (Å²) in [5.74, 6) is -0.177. The van der Waals surface area contributed by atoms with Crippen molar-refractivity contribution >= 4 is 23.1 Å². The summed E-state index contributed by atoms with van der Waals surface area (Å²) >= 11 is 0. The lowest BCUT2D eigenvalue weighted by Gasteiger charge is -2.17. The number of hydrogen-bond acceptors (Lipinski definition) is 5. The SMILES string of the molecule is CCC(=O)N1CCC(Nc2ccc(C(=O)c3ccccc3)cc2[N+](=O)[O-])C1. The van der Waals surface area contributed by atoms with Crippen molar-refractivity contribution in [3.8, 4) is 0 Å². The van der Waals surface area contributed by atoms with E-state index in [0.717, 1.165) is 6.42 Å². The molecule has 0 radical (unpaired) electrons. The molecule has 1 atom stereocenters. The van der Waals surface area contributed by atoms with E-state index in [9.17, 15) is 19.7 Å². The van der Waals surface area contributed by atoms with Gasteiger partial charge in [-0.1, -0.05) is 37.3 Å². The first-order valence-corrected chi connectivity index (χ1v) is 8.92. The van der Waals surface area contributed by atoms with Gasteiger partial charge in [-0.15, -0.1) is 0 Å². The van der Waals surface area contributed by atoms with Crippen LogP contribution in [0.15, 0.2) is 48.5 Å². The first-order chi connectivity index (χ1) is 13.0. The summed E-state index contributed by atoms with van der Waals surface area (Å²) in [6.45, 7) is 2.98. The second-order valence-electron chi connectivity index (χ2n) is 6.51. The number of likely N-dealkylation sites (tertiary alicyclic amines) is 1. The van der Waals surface area contributed by atoms with Crippen LogP contribution in [0, 0.1) is 10.1 Å². The normalized spacial score (nSPS) is 16.2. The lowest BCUT2D eigenvalue weighted by Crippen LogP contribution is -2.31. The van der Waals surface area contributed by atoms with Crippen LogP contribution < -0.4 is 5.32 Å². The molecular weight excluding hydrogens is 346 g/mol. The van der Waals surface area contributed by atoms with Crippen LogP contribution in [0.25, 0.3) is 0 Å². The van der Waals surface area contributed by atoms with E-state index in [0.29, 0.717) is 30.8 Å². The van der Waals surface area contributed by atoms with Crippen LogP contribution in [-0.4, -0.2) is 40.6 Å². The third kappa shape index (κ3) is 4.13. The Morgan fingerprint density at radius 1 is 1.19 bits per heavy atom. The molecule has 0 bridgehead atoms. The van der Waals surface area contributed by atoms with Gasteiger partial charge in [0, 0.05) is 42.7 Å². The van der Waals surface area contributed by atoms with Crippen molar-refractivity contribution in [1.82, 2.24) is 4.90 Å². The fourth-order valence-electron chi connectivity index (χ4n) is 3.25. The Hall–Kier alpha value is -3.22. The fourth-order valence-corrected chi connectivity index (χ4v) is 3.25. The topological polar surface area (TPSA) is 92.6 Å². The molecule has 7 nitrogen and oxygen atoms in total. The van der Waals surface area contributed by atoms with Crippen LogP contribution in [0.5, 0.6) is 0 Å². The van der Waals surface area contributed by atoms with Crippen molar-refractivity contribution in [2.24, 2.45) is 0 Å². The van der Waals surface area contributed by atoms with Crippen molar-refractivity contribution in [2.75, 3.05) is 18.4 Å². The molecule has 0 spiro atoms. The Morgan fingerprint density at radius 2 is 1.93 bits per heavy atom. The maximum Gasteiger partial charge on any atom is 0.293 e. The first-order valence-electron chi connectivity index (χ1n) is 8.92. The van der Waals surface area contributed by atoms with Crippen molar-refractivity contribution in [1.29, 1.82) is 0 Å². The Bertz CT molecular complexity index is 867. The van der Waals surface area contributed by atoms with E-state index >= 15 is 0 Å². The first kappa shape index (κ1) is 18.6. The quantitative estimate of drug-likeness (QED) is 0.481. The number of nitrogens with one attached hydrogen (secondary N) is 1. The summed E-state index contributed by atoms with van der Waals surface area (Å²) in [5, 5.41) is 14.7. The van der Waals surface area contributed by atoms with E-state index in [1.165, 1.54) is 6.07 Å². The van der Waals surface area contributed by atoms with Gasteiger partial charge < -0.3 is 10.2 Å². The molecule has 27 heavy (non-hydrogen) atoms. The molecule has 1 amide bonds. The average molecular weight is 367 g/mol. The summed E-state index contributed by atoms with van der Waals surface area (Å²) in [6, 6.07) is 13.1. The van der Waals surface area contributed by atoms with Crippen LogP contribution in [0.1, 0.15) is 35.7 Å². The molecule has 0 aliphatic carbocycles. The smallest absolute Gasteiger partial charge is 0.293 e. The standard InChI is InChI=1S/C20H21N3O4/c1-2-19(24)22-11-10-16(13-22)21-17-9-8-15(12-18(17)23(26)27)20(25)14-6-4-3-5-7-14/h3-9,12,16,21H,2,10-11,13H2,1H3. The van der Waals surface area contributed by atoms with Gasteiger partial charge >= 0.3 is 0 Å². The highest BCUT2D eigenvalue weighted by Crippen LogP contribution is 2.29. The Balaban J connectivity index is 1.80. The Kier molecular flexibility index (Phi) is 5.49. The van der Waals surface area contributed by atoms with E-state index in [1.54, 1.807) is 47.4 Å². The number of carbonyl (C=O) groups is 2. The molecule has 1 aliphatic rings. The summed E-state index contributed by atoms with van der Waals surface area (Å²) in [5.41, 5.74) is 0.974.